The molecule has 0 spiro atoms. The molecule has 0 aliphatic rings. The van der Waals surface area contributed by atoms with Crippen LogP contribution in [0.2, 0.25) is 0 Å². The number of fused-ring (bicyclic) bond motifs is 1. The lowest BCUT2D eigenvalue weighted by Crippen LogP contribution is -2.30. The summed E-state index contributed by atoms with van der Waals surface area (Å²) >= 11 is 1.30. The van der Waals surface area contributed by atoms with E-state index in [-0.39, 0.29) is 11.3 Å². The van der Waals surface area contributed by atoms with E-state index in [0.29, 0.717) is 29.6 Å². The number of carbonyl (C=O) groups is 1. The SMILES string of the molecule is CCN(CC)S(=O)(=O)c1ccc2nnc(SCCC(N)=O)n2c1. The third-order valence-corrected chi connectivity index (χ3v) is 6.24. The Morgan fingerprint density at radius 1 is 1.30 bits per heavy atom. The Morgan fingerprint density at radius 2 is 2.00 bits per heavy atom. The average molecular weight is 357 g/mol. The van der Waals surface area contributed by atoms with Gasteiger partial charge >= 0.3 is 0 Å². The van der Waals surface area contributed by atoms with Gasteiger partial charge in [-0.15, -0.1) is 10.2 Å². The molecule has 0 saturated carbocycles. The van der Waals surface area contributed by atoms with Gasteiger partial charge in [0, 0.05) is 31.5 Å². The fourth-order valence-electron chi connectivity index (χ4n) is 2.06. The van der Waals surface area contributed by atoms with E-state index in [2.05, 4.69) is 10.2 Å². The Bertz CT molecular complexity index is 799. The van der Waals surface area contributed by atoms with E-state index in [0.717, 1.165) is 0 Å². The van der Waals surface area contributed by atoms with Gasteiger partial charge in [0.25, 0.3) is 0 Å². The first kappa shape index (κ1) is 17.7. The molecule has 0 bridgehead atoms. The summed E-state index contributed by atoms with van der Waals surface area (Å²) in [7, 11) is -3.55. The molecule has 10 heteroatoms. The van der Waals surface area contributed by atoms with Gasteiger partial charge < -0.3 is 5.73 Å². The number of hydrogen-bond acceptors (Lipinski definition) is 6. The molecule has 0 aromatic carbocycles. The summed E-state index contributed by atoms with van der Waals surface area (Å²) in [5.74, 6) is 0.0690. The molecule has 2 rings (SSSR count). The highest BCUT2D eigenvalue weighted by molar-refractivity contribution is 7.99. The first-order chi connectivity index (χ1) is 10.9. The van der Waals surface area contributed by atoms with Crippen molar-refractivity contribution in [2.45, 2.75) is 30.3 Å². The number of hydrogen-bond donors (Lipinski definition) is 1. The Hall–Kier alpha value is -1.65. The molecule has 1 amide bonds. The number of rotatable bonds is 8. The van der Waals surface area contributed by atoms with Gasteiger partial charge in [-0.1, -0.05) is 25.6 Å². The Balaban J connectivity index is 2.35. The van der Waals surface area contributed by atoms with E-state index >= 15 is 0 Å². The molecule has 0 radical (unpaired) electrons. The third kappa shape index (κ3) is 3.82. The molecule has 23 heavy (non-hydrogen) atoms. The number of aromatic nitrogens is 3. The van der Waals surface area contributed by atoms with Gasteiger partial charge in [0.15, 0.2) is 10.8 Å². The molecule has 2 N–H and O–H groups in total. The third-order valence-electron chi connectivity index (χ3n) is 3.27. The largest absolute Gasteiger partial charge is 0.370 e. The highest BCUT2D eigenvalue weighted by Crippen LogP contribution is 2.21. The van der Waals surface area contributed by atoms with Crippen molar-refractivity contribution < 1.29 is 13.2 Å². The zero-order chi connectivity index (χ0) is 17.0. The molecule has 8 nitrogen and oxygen atoms in total. The maximum absolute atomic E-state index is 12.6. The van der Waals surface area contributed by atoms with Crippen molar-refractivity contribution in [2.75, 3.05) is 18.8 Å². The second-order valence-corrected chi connectivity index (χ2v) is 7.73. The number of pyridine rings is 1. The number of carbonyl (C=O) groups excluding carboxylic acids is 1. The standard InChI is InChI=1S/C13H19N5O3S2/c1-3-17(4-2)23(20,21)10-5-6-12-15-16-13(18(12)9-10)22-8-7-11(14)19/h5-6,9H,3-4,7-8H2,1-2H3,(H2,14,19). The summed E-state index contributed by atoms with van der Waals surface area (Å²) in [5, 5.41) is 8.53. The van der Waals surface area contributed by atoms with Crippen molar-refractivity contribution >= 4 is 33.3 Å². The first-order valence-corrected chi connectivity index (χ1v) is 9.58. The van der Waals surface area contributed by atoms with Gasteiger partial charge in [-0.2, -0.15) is 4.31 Å². The second kappa shape index (κ2) is 7.28. The summed E-state index contributed by atoms with van der Waals surface area (Å²) < 4.78 is 28.2. The van der Waals surface area contributed by atoms with Gasteiger partial charge in [0.05, 0.1) is 4.90 Å². The fourth-order valence-corrected chi connectivity index (χ4v) is 4.38. The summed E-state index contributed by atoms with van der Waals surface area (Å²) in [5.41, 5.74) is 5.66. The smallest absolute Gasteiger partial charge is 0.244 e. The minimum absolute atomic E-state index is 0.185. The van der Waals surface area contributed by atoms with Crippen LogP contribution in [0.15, 0.2) is 28.4 Å². The number of nitrogens with two attached hydrogens (primary N) is 1. The van der Waals surface area contributed by atoms with Crippen molar-refractivity contribution in [1.29, 1.82) is 0 Å². The number of sulfonamides is 1. The fraction of sp³-hybridized carbons (Fsp3) is 0.462. The maximum Gasteiger partial charge on any atom is 0.244 e. The van der Waals surface area contributed by atoms with Gasteiger partial charge in [0.2, 0.25) is 15.9 Å². The number of thioether (sulfide) groups is 1. The molecular weight excluding hydrogens is 338 g/mol. The number of primary amides is 1. The number of nitrogens with zero attached hydrogens (tertiary/aromatic N) is 4. The number of amides is 1. The van der Waals surface area contributed by atoms with Crippen LogP contribution in [-0.2, 0) is 14.8 Å². The monoisotopic (exact) mass is 357 g/mol. The van der Waals surface area contributed by atoms with Crippen molar-refractivity contribution in [3.63, 3.8) is 0 Å². The minimum atomic E-state index is -3.55. The molecule has 2 aromatic rings. The van der Waals surface area contributed by atoms with E-state index < -0.39 is 15.9 Å². The quantitative estimate of drug-likeness (QED) is 0.697. The minimum Gasteiger partial charge on any atom is -0.370 e. The molecule has 0 fully saturated rings. The van der Waals surface area contributed by atoms with Crippen molar-refractivity contribution in [1.82, 2.24) is 18.9 Å². The van der Waals surface area contributed by atoms with E-state index in [4.69, 9.17) is 5.73 Å². The van der Waals surface area contributed by atoms with Gasteiger partial charge in [-0.3, -0.25) is 9.20 Å². The zero-order valence-electron chi connectivity index (χ0n) is 13.0. The Morgan fingerprint density at radius 3 is 2.61 bits per heavy atom. The lowest BCUT2D eigenvalue weighted by atomic mass is 10.5. The summed E-state index contributed by atoms with van der Waals surface area (Å²) in [6.07, 6.45) is 1.73. The predicted octanol–water partition coefficient (Wildman–Crippen LogP) is 0.727. The van der Waals surface area contributed by atoms with Crippen LogP contribution in [0.3, 0.4) is 0 Å². The normalized spacial score (nSPS) is 12.1. The highest BCUT2D eigenvalue weighted by atomic mass is 32.2. The van der Waals surface area contributed by atoms with Crippen LogP contribution in [0.25, 0.3) is 5.65 Å². The first-order valence-electron chi connectivity index (χ1n) is 7.16. The molecule has 0 aliphatic carbocycles. The van der Waals surface area contributed by atoms with Crippen LogP contribution in [0, 0.1) is 0 Å². The van der Waals surface area contributed by atoms with Crippen LogP contribution >= 0.6 is 11.8 Å². The van der Waals surface area contributed by atoms with Crippen LogP contribution < -0.4 is 5.73 Å². The van der Waals surface area contributed by atoms with Crippen LogP contribution in [-0.4, -0.2) is 52.1 Å². The van der Waals surface area contributed by atoms with E-state index in [1.54, 1.807) is 24.3 Å². The predicted molar refractivity (Wildman–Crippen MR) is 87.6 cm³/mol. The lowest BCUT2D eigenvalue weighted by molar-refractivity contribution is -0.117. The van der Waals surface area contributed by atoms with Crippen LogP contribution in [0.1, 0.15) is 20.3 Å². The molecule has 0 atom stereocenters. The molecule has 0 aliphatic heterocycles. The molecule has 2 heterocycles. The van der Waals surface area contributed by atoms with Crippen LogP contribution in [0.5, 0.6) is 0 Å². The van der Waals surface area contributed by atoms with Crippen molar-refractivity contribution in [3.05, 3.63) is 18.3 Å². The van der Waals surface area contributed by atoms with Gasteiger partial charge in [0.1, 0.15) is 0 Å². The lowest BCUT2D eigenvalue weighted by Gasteiger charge is -2.18. The van der Waals surface area contributed by atoms with E-state index in [9.17, 15) is 13.2 Å². The van der Waals surface area contributed by atoms with E-state index in [1.165, 1.54) is 28.3 Å². The van der Waals surface area contributed by atoms with Gasteiger partial charge in [-0.05, 0) is 12.1 Å². The van der Waals surface area contributed by atoms with Crippen molar-refractivity contribution in [2.24, 2.45) is 5.73 Å². The maximum atomic E-state index is 12.6. The summed E-state index contributed by atoms with van der Waals surface area (Å²) in [6.45, 7) is 4.39. The topological polar surface area (TPSA) is 111 Å². The molecule has 0 saturated heterocycles. The Labute approximate surface area is 139 Å². The summed E-state index contributed by atoms with van der Waals surface area (Å²) in [4.78, 5) is 11.0. The summed E-state index contributed by atoms with van der Waals surface area (Å²) in [6, 6.07) is 3.14. The highest BCUT2D eigenvalue weighted by Gasteiger charge is 2.22. The zero-order valence-corrected chi connectivity index (χ0v) is 14.6. The Kier molecular flexibility index (Phi) is 5.60. The molecule has 0 unspecified atom stereocenters. The molecule has 2 aromatic heterocycles. The van der Waals surface area contributed by atoms with Gasteiger partial charge in [-0.25, -0.2) is 8.42 Å². The molecule has 126 valence electrons. The average Bonchev–Trinajstić information content (AvgIpc) is 2.90. The van der Waals surface area contributed by atoms with E-state index in [1.807, 2.05) is 0 Å². The molecular formula is C13H19N5O3S2. The van der Waals surface area contributed by atoms with Crippen molar-refractivity contribution in [3.8, 4) is 0 Å². The second-order valence-electron chi connectivity index (χ2n) is 4.73. The van der Waals surface area contributed by atoms with Crippen LogP contribution in [0.4, 0.5) is 0 Å².